The maximum Gasteiger partial charge on any atom is 0.227 e. The van der Waals surface area contributed by atoms with Crippen molar-refractivity contribution in [2.24, 2.45) is 13.0 Å². The standard InChI is InChI=1S/C20H33N5O/c1-22-10-7-18(8-11-22)24-9-3-4-17(15-24)20(26)25(19-5-6-19)14-16-12-21-23(2)13-16/h12-13,17-19H,3-11,14-15H2,1-2H3. The number of piperidine rings is 2. The van der Waals surface area contributed by atoms with E-state index in [1.165, 1.54) is 32.5 Å². The molecule has 1 amide bonds. The summed E-state index contributed by atoms with van der Waals surface area (Å²) in [5, 5.41) is 4.27. The van der Waals surface area contributed by atoms with Gasteiger partial charge in [0.1, 0.15) is 0 Å². The summed E-state index contributed by atoms with van der Waals surface area (Å²) in [5.41, 5.74) is 1.15. The molecule has 1 aliphatic carbocycles. The molecule has 1 saturated carbocycles. The quantitative estimate of drug-likeness (QED) is 0.803. The van der Waals surface area contributed by atoms with Gasteiger partial charge in [-0.15, -0.1) is 0 Å². The van der Waals surface area contributed by atoms with Gasteiger partial charge in [-0.25, -0.2) is 0 Å². The summed E-state index contributed by atoms with van der Waals surface area (Å²) in [7, 11) is 4.15. The third-order valence-corrected chi connectivity index (χ3v) is 6.39. The summed E-state index contributed by atoms with van der Waals surface area (Å²) in [6.07, 6.45) is 11.0. The zero-order chi connectivity index (χ0) is 18.1. The second-order valence-electron chi connectivity index (χ2n) is 8.59. The van der Waals surface area contributed by atoms with Gasteiger partial charge in [-0.2, -0.15) is 5.10 Å². The largest absolute Gasteiger partial charge is 0.335 e. The molecular weight excluding hydrogens is 326 g/mol. The molecule has 0 aromatic carbocycles. The fraction of sp³-hybridized carbons (Fsp3) is 0.800. The minimum absolute atomic E-state index is 0.181. The van der Waals surface area contributed by atoms with E-state index in [-0.39, 0.29) is 5.92 Å². The van der Waals surface area contributed by atoms with Crippen molar-refractivity contribution in [3.05, 3.63) is 18.0 Å². The van der Waals surface area contributed by atoms with Crippen LogP contribution in [0, 0.1) is 5.92 Å². The monoisotopic (exact) mass is 359 g/mol. The predicted molar refractivity (Wildman–Crippen MR) is 102 cm³/mol. The highest BCUT2D eigenvalue weighted by atomic mass is 16.2. The van der Waals surface area contributed by atoms with Crippen LogP contribution in [-0.2, 0) is 18.4 Å². The minimum Gasteiger partial charge on any atom is -0.335 e. The van der Waals surface area contributed by atoms with Gasteiger partial charge in [0.15, 0.2) is 0 Å². The molecular formula is C20H33N5O. The Morgan fingerprint density at radius 1 is 1.15 bits per heavy atom. The fourth-order valence-corrected chi connectivity index (χ4v) is 4.66. The Bertz CT molecular complexity index is 617. The lowest BCUT2D eigenvalue weighted by molar-refractivity contribution is -0.139. The number of aryl methyl sites for hydroxylation is 1. The van der Waals surface area contributed by atoms with Crippen LogP contribution < -0.4 is 0 Å². The van der Waals surface area contributed by atoms with Crippen LogP contribution >= 0.6 is 0 Å². The average molecular weight is 360 g/mol. The molecule has 1 aromatic heterocycles. The van der Waals surface area contributed by atoms with Gasteiger partial charge in [-0.3, -0.25) is 14.4 Å². The van der Waals surface area contributed by atoms with Gasteiger partial charge in [-0.05, 0) is 65.2 Å². The Balaban J connectivity index is 1.39. The molecule has 3 aliphatic rings. The number of likely N-dealkylation sites (tertiary alicyclic amines) is 2. The van der Waals surface area contributed by atoms with Crippen LogP contribution in [0.4, 0.5) is 0 Å². The summed E-state index contributed by atoms with van der Waals surface area (Å²) in [6, 6.07) is 1.14. The van der Waals surface area contributed by atoms with E-state index < -0.39 is 0 Å². The van der Waals surface area contributed by atoms with Gasteiger partial charge in [-0.1, -0.05) is 0 Å². The van der Waals surface area contributed by atoms with Crippen LogP contribution in [0.15, 0.2) is 12.4 Å². The Kier molecular flexibility index (Phi) is 5.32. The van der Waals surface area contributed by atoms with Crippen LogP contribution in [-0.4, -0.2) is 75.7 Å². The van der Waals surface area contributed by atoms with Gasteiger partial charge in [0, 0.05) is 44.0 Å². The first-order chi connectivity index (χ1) is 12.6. The first kappa shape index (κ1) is 18.0. The van der Waals surface area contributed by atoms with Gasteiger partial charge in [0.05, 0.1) is 12.1 Å². The first-order valence-corrected chi connectivity index (χ1v) is 10.3. The molecule has 1 atom stereocenters. The molecule has 6 nitrogen and oxygen atoms in total. The number of nitrogens with zero attached hydrogens (tertiary/aromatic N) is 5. The molecule has 0 spiro atoms. The smallest absolute Gasteiger partial charge is 0.227 e. The molecule has 0 N–H and O–H groups in total. The second-order valence-corrected chi connectivity index (χ2v) is 8.59. The third kappa shape index (κ3) is 4.12. The zero-order valence-electron chi connectivity index (χ0n) is 16.3. The normalized spacial score (nSPS) is 26.2. The van der Waals surface area contributed by atoms with E-state index >= 15 is 0 Å². The van der Waals surface area contributed by atoms with E-state index in [4.69, 9.17) is 0 Å². The fourth-order valence-electron chi connectivity index (χ4n) is 4.66. The lowest BCUT2D eigenvalue weighted by Crippen LogP contribution is -2.51. The number of rotatable bonds is 5. The Labute approximate surface area is 157 Å². The number of hydrogen-bond acceptors (Lipinski definition) is 4. The van der Waals surface area contributed by atoms with Crippen molar-refractivity contribution in [1.82, 2.24) is 24.5 Å². The molecule has 3 fully saturated rings. The number of amides is 1. The molecule has 3 heterocycles. The highest BCUT2D eigenvalue weighted by Crippen LogP contribution is 2.32. The first-order valence-electron chi connectivity index (χ1n) is 10.3. The predicted octanol–water partition coefficient (Wildman–Crippen LogP) is 1.72. The van der Waals surface area contributed by atoms with Crippen LogP contribution in [0.3, 0.4) is 0 Å². The molecule has 2 saturated heterocycles. The van der Waals surface area contributed by atoms with Crippen molar-refractivity contribution in [2.45, 2.75) is 57.2 Å². The van der Waals surface area contributed by atoms with Gasteiger partial charge >= 0.3 is 0 Å². The summed E-state index contributed by atoms with van der Waals surface area (Å²) in [5.74, 6) is 0.564. The van der Waals surface area contributed by atoms with Gasteiger partial charge in [0.25, 0.3) is 0 Å². The van der Waals surface area contributed by atoms with Crippen LogP contribution in [0.5, 0.6) is 0 Å². The second kappa shape index (κ2) is 7.69. The van der Waals surface area contributed by atoms with E-state index in [0.717, 1.165) is 44.3 Å². The van der Waals surface area contributed by atoms with Gasteiger partial charge in [0.2, 0.25) is 5.91 Å². The highest BCUT2D eigenvalue weighted by molar-refractivity contribution is 5.79. The molecule has 4 rings (SSSR count). The lowest BCUT2D eigenvalue weighted by atomic mass is 9.92. The highest BCUT2D eigenvalue weighted by Gasteiger charge is 2.38. The maximum absolute atomic E-state index is 13.3. The summed E-state index contributed by atoms with van der Waals surface area (Å²) >= 11 is 0. The van der Waals surface area contributed by atoms with Crippen molar-refractivity contribution in [3.63, 3.8) is 0 Å². The Hall–Kier alpha value is -1.40. The summed E-state index contributed by atoms with van der Waals surface area (Å²) < 4.78 is 1.83. The van der Waals surface area contributed by atoms with Crippen molar-refractivity contribution < 1.29 is 4.79 Å². The lowest BCUT2D eigenvalue weighted by Gasteiger charge is -2.42. The van der Waals surface area contributed by atoms with E-state index in [9.17, 15) is 4.79 Å². The van der Waals surface area contributed by atoms with Crippen LogP contribution in [0.2, 0.25) is 0 Å². The van der Waals surface area contributed by atoms with E-state index in [1.807, 2.05) is 24.1 Å². The van der Waals surface area contributed by atoms with Gasteiger partial charge < -0.3 is 9.80 Å². The topological polar surface area (TPSA) is 44.6 Å². The molecule has 144 valence electrons. The summed E-state index contributed by atoms with van der Waals surface area (Å²) in [4.78, 5) is 20.5. The molecule has 1 aromatic rings. The number of carbonyl (C=O) groups is 1. The number of aromatic nitrogens is 2. The van der Waals surface area contributed by atoms with Crippen molar-refractivity contribution in [3.8, 4) is 0 Å². The Morgan fingerprint density at radius 2 is 1.92 bits per heavy atom. The maximum atomic E-state index is 13.3. The van der Waals surface area contributed by atoms with E-state index in [1.54, 1.807) is 0 Å². The Morgan fingerprint density at radius 3 is 2.58 bits per heavy atom. The number of carbonyl (C=O) groups excluding carboxylic acids is 1. The molecule has 2 aliphatic heterocycles. The molecule has 6 heteroatoms. The molecule has 1 unspecified atom stereocenters. The average Bonchev–Trinajstić information content (AvgIpc) is 3.42. The van der Waals surface area contributed by atoms with Crippen molar-refractivity contribution in [2.75, 3.05) is 33.2 Å². The molecule has 0 bridgehead atoms. The SMILES string of the molecule is CN1CCC(N2CCCC(C(=O)N(Cc3cnn(C)c3)C3CC3)C2)CC1. The van der Waals surface area contributed by atoms with E-state index in [2.05, 4.69) is 26.8 Å². The van der Waals surface area contributed by atoms with E-state index in [0.29, 0.717) is 18.0 Å². The molecule has 26 heavy (non-hydrogen) atoms. The van der Waals surface area contributed by atoms with Crippen molar-refractivity contribution in [1.29, 1.82) is 0 Å². The third-order valence-electron chi connectivity index (χ3n) is 6.39. The van der Waals surface area contributed by atoms with Crippen molar-refractivity contribution >= 4 is 5.91 Å². The van der Waals surface area contributed by atoms with Crippen LogP contribution in [0.25, 0.3) is 0 Å². The number of hydrogen-bond donors (Lipinski definition) is 0. The molecule has 0 radical (unpaired) electrons. The van der Waals surface area contributed by atoms with Crippen LogP contribution in [0.1, 0.15) is 44.1 Å². The zero-order valence-corrected chi connectivity index (χ0v) is 16.3. The minimum atomic E-state index is 0.181. The summed E-state index contributed by atoms with van der Waals surface area (Å²) in [6.45, 7) is 5.24.